The summed E-state index contributed by atoms with van der Waals surface area (Å²) in [6.07, 6.45) is 9.05. The van der Waals surface area contributed by atoms with E-state index in [0.29, 0.717) is 6.42 Å². The molecule has 0 heterocycles. The van der Waals surface area contributed by atoms with Gasteiger partial charge in [-0.15, -0.1) is 0 Å². The molecule has 0 unspecified atom stereocenters. The van der Waals surface area contributed by atoms with Gasteiger partial charge < -0.3 is 4.79 Å². The maximum atomic E-state index is 9.79. The molecule has 52 valence electrons. The van der Waals surface area contributed by atoms with Crippen molar-refractivity contribution in [3.05, 3.63) is 12.2 Å². The molecular formula is C8H14O. The Bertz CT molecular complexity index is 84.6. The zero-order chi connectivity index (χ0) is 6.95. The fourth-order valence-corrected chi connectivity index (χ4v) is 0.592. The van der Waals surface area contributed by atoms with Gasteiger partial charge in [-0.3, -0.25) is 0 Å². The molecule has 0 aliphatic heterocycles. The topological polar surface area (TPSA) is 17.1 Å². The van der Waals surface area contributed by atoms with E-state index < -0.39 is 0 Å². The molecule has 0 saturated carbocycles. The molecule has 0 aromatic heterocycles. The number of unbranched alkanes of at least 4 members (excludes halogenated alkanes) is 2. The fourth-order valence-electron chi connectivity index (χ4n) is 0.592. The van der Waals surface area contributed by atoms with Gasteiger partial charge >= 0.3 is 0 Å². The molecule has 0 aliphatic carbocycles. The van der Waals surface area contributed by atoms with Crippen LogP contribution in [0.5, 0.6) is 0 Å². The second kappa shape index (κ2) is 7.41. The minimum atomic E-state index is 0.573. The molecule has 0 spiro atoms. The lowest BCUT2D eigenvalue weighted by molar-refractivity contribution is -0.107. The van der Waals surface area contributed by atoms with Crippen molar-refractivity contribution in [1.29, 1.82) is 0 Å². The first kappa shape index (κ1) is 8.41. The average molecular weight is 126 g/mol. The molecule has 0 radical (unpaired) electrons. The van der Waals surface area contributed by atoms with E-state index in [9.17, 15) is 4.79 Å². The van der Waals surface area contributed by atoms with Gasteiger partial charge in [0.2, 0.25) is 0 Å². The Labute approximate surface area is 56.8 Å². The standard InChI is InChI=1S/C8H14O/c1-2-3-4-5-6-7-8-9/h5-6,8H,2-4,7H2,1H3/b6-5-. The summed E-state index contributed by atoms with van der Waals surface area (Å²) < 4.78 is 0. The number of hydrogen-bond acceptors (Lipinski definition) is 1. The Kier molecular flexibility index (Phi) is 6.92. The van der Waals surface area contributed by atoms with Gasteiger partial charge in [0.25, 0.3) is 0 Å². The van der Waals surface area contributed by atoms with Gasteiger partial charge in [-0.2, -0.15) is 0 Å². The average Bonchev–Trinajstić information content (AvgIpc) is 1.89. The minimum Gasteiger partial charge on any atom is -0.303 e. The zero-order valence-corrected chi connectivity index (χ0v) is 5.97. The molecule has 0 atom stereocenters. The van der Waals surface area contributed by atoms with Crippen molar-refractivity contribution in [3.63, 3.8) is 0 Å². The molecule has 0 aromatic carbocycles. The Morgan fingerprint density at radius 2 is 2.11 bits per heavy atom. The highest BCUT2D eigenvalue weighted by atomic mass is 16.1. The molecule has 1 nitrogen and oxygen atoms in total. The molecule has 0 bridgehead atoms. The van der Waals surface area contributed by atoms with Gasteiger partial charge in [0, 0.05) is 6.42 Å². The lowest BCUT2D eigenvalue weighted by Gasteiger charge is -1.85. The summed E-state index contributed by atoms with van der Waals surface area (Å²) in [4.78, 5) is 9.79. The number of carbonyl (C=O) groups excluding carboxylic acids is 1. The summed E-state index contributed by atoms with van der Waals surface area (Å²) in [6, 6.07) is 0. The van der Waals surface area contributed by atoms with Crippen molar-refractivity contribution in [2.24, 2.45) is 0 Å². The predicted molar refractivity (Wildman–Crippen MR) is 39.3 cm³/mol. The first-order valence-electron chi connectivity index (χ1n) is 3.50. The molecule has 9 heavy (non-hydrogen) atoms. The number of rotatable bonds is 5. The second-order valence-electron chi connectivity index (χ2n) is 2.02. The van der Waals surface area contributed by atoms with E-state index in [-0.39, 0.29) is 0 Å². The summed E-state index contributed by atoms with van der Waals surface area (Å²) in [6.45, 7) is 2.16. The molecule has 1 heteroatoms. The van der Waals surface area contributed by atoms with E-state index in [4.69, 9.17) is 0 Å². The van der Waals surface area contributed by atoms with Crippen molar-refractivity contribution in [2.45, 2.75) is 32.6 Å². The molecule has 0 saturated heterocycles. The van der Waals surface area contributed by atoms with E-state index in [0.717, 1.165) is 12.7 Å². The van der Waals surface area contributed by atoms with Gasteiger partial charge in [-0.05, 0) is 6.42 Å². The van der Waals surface area contributed by atoms with Crippen LogP contribution in [0.1, 0.15) is 32.6 Å². The molecule has 0 aliphatic rings. The predicted octanol–water partition coefficient (Wildman–Crippen LogP) is 2.32. The number of allylic oxidation sites excluding steroid dienone is 2. The largest absolute Gasteiger partial charge is 0.303 e. The van der Waals surface area contributed by atoms with E-state index in [1.165, 1.54) is 12.8 Å². The van der Waals surface area contributed by atoms with E-state index in [1.807, 2.05) is 6.08 Å². The maximum absolute atomic E-state index is 9.79. The molecule has 0 N–H and O–H groups in total. The Balaban J connectivity index is 2.94. The van der Waals surface area contributed by atoms with Gasteiger partial charge in [0.05, 0.1) is 0 Å². The van der Waals surface area contributed by atoms with Gasteiger partial charge in [-0.25, -0.2) is 0 Å². The molecular weight excluding hydrogens is 112 g/mol. The SMILES string of the molecule is CCCC/C=C\CC=O. The third-order valence-corrected chi connectivity index (χ3v) is 1.12. The molecule has 0 amide bonds. The van der Waals surface area contributed by atoms with Crippen molar-refractivity contribution in [3.8, 4) is 0 Å². The van der Waals surface area contributed by atoms with Crippen LogP contribution >= 0.6 is 0 Å². The van der Waals surface area contributed by atoms with Crippen molar-refractivity contribution in [1.82, 2.24) is 0 Å². The lowest BCUT2D eigenvalue weighted by Crippen LogP contribution is -1.68. The Morgan fingerprint density at radius 3 is 2.67 bits per heavy atom. The zero-order valence-electron chi connectivity index (χ0n) is 5.97. The number of aldehydes is 1. The summed E-state index contributed by atoms with van der Waals surface area (Å²) in [5, 5.41) is 0. The van der Waals surface area contributed by atoms with Crippen LogP contribution in [0.4, 0.5) is 0 Å². The van der Waals surface area contributed by atoms with E-state index in [2.05, 4.69) is 13.0 Å². The van der Waals surface area contributed by atoms with Crippen molar-refractivity contribution < 1.29 is 4.79 Å². The number of carbonyl (C=O) groups is 1. The first-order chi connectivity index (χ1) is 4.41. The summed E-state index contributed by atoms with van der Waals surface area (Å²) >= 11 is 0. The third-order valence-electron chi connectivity index (χ3n) is 1.12. The van der Waals surface area contributed by atoms with Crippen LogP contribution in [0.25, 0.3) is 0 Å². The summed E-state index contributed by atoms with van der Waals surface area (Å²) in [5.41, 5.74) is 0. The second-order valence-corrected chi connectivity index (χ2v) is 2.02. The van der Waals surface area contributed by atoms with Crippen molar-refractivity contribution in [2.75, 3.05) is 0 Å². The minimum absolute atomic E-state index is 0.573. The van der Waals surface area contributed by atoms with Gasteiger partial charge in [0.1, 0.15) is 6.29 Å². The quantitative estimate of drug-likeness (QED) is 0.314. The van der Waals surface area contributed by atoms with Crippen LogP contribution in [0.3, 0.4) is 0 Å². The van der Waals surface area contributed by atoms with E-state index >= 15 is 0 Å². The van der Waals surface area contributed by atoms with Crippen molar-refractivity contribution >= 4 is 6.29 Å². The van der Waals surface area contributed by atoms with Crippen LogP contribution in [0, 0.1) is 0 Å². The highest BCUT2D eigenvalue weighted by Crippen LogP contribution is 1.94. The first-order valence-corrected chi connectivity index (χ1v) is 3.50. The smallest absolute Gasteiger partial charge is 0.123 e. The third kappa shape index (κ3) is 7.41. The normalized spacial score (nSPS) is 10.3. The highest BCUT2D eigenvalue weighted by molar-refractivity contribution is 5.51. The van der Waals surface area contributed by atoms with Gasteiger partial charge in [-0.1, -0.05) is 31.9 Å². The number of hydrogen-bond donors (Lipinski definition) is 0. The summed E-state index contributed by atoms with van der Waals surface area (Å²) in [5.74, 6) is 0. The van der Waals surface area contributed by atoms with Crippen LogP contribution in [-0.2, 0) is 4.79 Å². The molecule has 0 aromatic rings. The highest BCUT2D eigenvalue weighted by Gasteiger charge is 1.76. The monoisotopic (exact) mass is 126 g/mol. The van der Waals surface area contributed by atoms with Crippen LogP contribution in [0.2, 0.25) is 0 Å². The van der Waals surface area contributed by atoms with Crippen LogP contribution < -0.4 is 0 Å². The lowest BCUT2D eigenvalue weighted by atomic mass is 10.2. The van der Waals surface area contributed by atoms with Crippen LogP contribution in [-0.4, -0.2) is 6.29 Å². The fraction of sp³-hybridized carbons (Fsp3) is 0.625. The maximum Gasteiger partial charge on any atom is 0.123 e. The van der Waals surface area contributed by atoms with E-state index in [1.54, 1.807) is 0 Å². The Morgan fingerprint density at radius 1 is 1.33 bits per heavy atom. The Hall–Kier alpha value is -0.590. The molecule has 0 fully saturated rings. The van der Waals surface area contributed by atoms with Gasteiger partial charge in [0.15, 0.2) is 0 Å². The molecule has 0 rings (SSSR count). The summed E-state index contributed by atoms with van der Waals surface area (Å²) in [7, 11) is 0. The van der Waals surface area contributed by atoms with Crippen LogP contribution in [0.15, 0.2) is 12.2 Å².